The van der Waals surface area contributed by atoms with Crippen molar-refractivity contribution in [1.82, 2.24) is 4.90 Å². The highest BCUT2D eigenvalue weighted by atomic mass is 28.4. The summed E-state index contributed by atoms with van der Waals surface area (Å²) in [6.45, 7) is 13.6. The van der Waals surface area contributed by atoms with Gasteiger partial charge in [-0.05, 0) is 43.1 Å². The van der Waals surface area contributed by atoms with Gasteiger partial charge in [-0.1, -0.05) is 41.5 Å². The molecule has 0 N–H and O–H groups in total. The molecule has 2 heterocycles. The van der Waals surface area contributed by atoms with Gasteiger partial charge in [0.05, 0.1) is 35.2 Å². The third-order valence-electron chi connectivity index (χ3n) is 8.24. The molecule has 1 fully saturated rings. The number of hydrogen-bond acceptors (Lipinski definition) is 10. The van der Waals surface area contributed by atoms with E-state index in [2.05, 4.69) is 20.8 Å². The van der Waals surface area contributed by atoms with Gasteiger partial charge in [-0.15, -0.1) is 0 Å². The predicted octanol–water partition coefficient (Wildman–Crippen LogP) is 5.23. The second-order valence-electron chi connectivity index (χ2n) is 11.2. The van der Waals surface area contributed by atoms with Gasteiger partial charge in [-0.25, -0.2) is 14.4 Å². The zero-order chi connectivity index (χ0) is 31.4. The molecule has 1 saturated heterocycles. The predicted molar refractivity (Wildman–Crippen MR) is 154 cm³/mol. The first-order chi connectivity index (χ1) is 19.8. The van der Waals surface area contributed by atoms with Gasteiger partial charge in [0.2, 0.25) is 5.91 Å². The number of hydrogen-bond donors (Lipinski definition) is 0. The third-order valence-corrected chi connectivity index (χ3v) is 13.0. The van der Waals surface area contributed by atoms with E-state index in [0.29, 0.717) is 5.57 Å². The van der Waals surface area contributed by atoms with Crippen LogP contribution in [-0.4, -0.2) is 67.5 Å². The summed E-state index contributed by atoms with van der Waals surface area (Å²) in [6.07, 6.45) is -1.32. The fourth-order valence-electron chi connectivity index (χ4n) is 5.60. The van der Waals surface area contributed by atoms with Crippen molar-refractivity contribution in [3.63, 3.8) is 0 Å². The Morgan fingerprint density at radius 2 is 1.60 bits per heavy atom. The smallest absolute Gasteiger partial charge is 0.434 e. The molecule has 0 radical (unpaired) electrons. The topological polar surface area (TPSA) is 152 Å². The van der Waals surface area contributed by atoms with E-state index in [4.69, 9.17) is 18.6 Å². The number of nitrogens with zero attached hydrogens (tertiary/aromatic N) is 2. The summed E-state index contributed by atoms with van der Waals surface area (Å²) >= 11 is 0. The molecule has 230 valence electrons. The summed E-state index contributed by atoms with van der Waals surface area (Å²) in [5.41, 5.74) is -0.136. The molecular formula is C29H40N2O10Si. The van der Waals surface area contributed by atoms with E-state index in [0.717, 1.165) is 30.3 Å². The van der Waals surface area contributed by atoms with Crippen LogP contribution in [0.4, 0.5) is 10.5 Å². The largest absolute Gasteiger partial charge is 0.508 e. The fourth-order valence-corrected chi connectivity index (χ4v) is 8.54. The maximum atomic E-state index is 13.6. The minimum Gasteiger partial charge on any atom is -0.434 e. The van der Waals surface area contributed by atoms with Crippen LogP contribution in [0, 0.1) is 27.9 Å². The Hall–Kier alpha value is -3.58. The molecule has 0 bridgehead atoms. The van der Waals surface area contributed by atoms with Crippen molar-refractivity contribution in [2.75, 3.05) is 13.2 Å². The second kappa shape index (κ2) is 13.6. The Labute approximate surface area is 246 Å². The number of fused-ring (bicyclic) bond motifs is 1. The van der Waals surface area contributed by atoms with Gasteiger partial charge in [0.25, 0.3) is 5.69 Å². The van der Waals surface area contributed by atoms with Crippen molar-refractivity contribution in [1.29, 1.82) is 0 Å². The van der Waals surface area contributed by atoms with Crippen molar-refractivity contribution in [3.05, 3.63) is 51.2 Å². The van der Waals surface area contributed by atoms with Crippen LogP contribution >= 0.6 is 0 Å². The maximum Gasteiger partial charge on any atom is 0.508 e. The molecule has 3 rings (SSSR count). The van der Waals surface area contributed by atoms with Gasteiger partial charge in [-0.2, -0.15) is 0 Å². The molecule has 12 nitrogen and oxygen atoms in total. The highest BCUT2D eigenvalue weighted by molar-refractivity contribution is 6.73. The van der Waals surface area contributed by atoms with Crippen LogP contribution in [0.25, 0.3) is 0 Å². The summed E-state index contributed by atoms with van der Waals surface area (Å²) in [6, 6.07) is 6.86. The maximum absolute atomic E-state index is 13.6. The first-order valence-corrected chi connectivity index (χ1v) is 16.9. The first-order valence-electron chi connectivity index (χ1n) is 14.3. The van der Waals surface area contributed by atoms with Crippen LogP contribution < -0.4 is 0 Å². The average Bonchev–Trinajstić information content (AvgIpc) is 3.21. The van der Waals surface area contributed by atoms with Gasteiger partial charge >= 0.3 is 18.1 Å². The molecule has 1 aromatic carbocycles. The van der Waals surface area contributed by atoms with Crippen molar-refractivity contribution in [2.45, 2.75) is 78.7 Å². The van der Waals surface area contributed by atoms with Gasteiger partial charge in [0.15, 0.2) is 8.32 Å². The molecule has 0 aliphatic carbocycles. The summed E-state index contributed by atoms with van der Waals surface area (Å²) in [4.78, 5) is 63.5. The molecule has 13 heteroatoms. The van der Waals surface area contributed by atoms with Crippen LogP contribution in [0.1, 0.15) is 58.8 Å². The van der Waals surface area contributed by atoms with E-state index in [1.807, 2.05) is 27.7 Å². The number of benzene rings is 1. The Kier molecular flexibility index (Phi) is 10.7. The molecule has 2 aliphatic heterocycles. The number of ether oxygens (including phenoxy) is 3. The molecule has 4 atom stereocenters. The molecule has 42 heavy (non-hydrogen) atoms. The summed E-state index contributed by atoms with van der Waals surface area (Å²) in [5, 5.41) is 10.9. The molecule has 0 aromatic heterocycles. The van der Waals surface area contributed by atoms with Crippen LogP contribution in [0.3, 0.4) is 0 Å². The van der Waals surface area contributed by atoms with Crippen molar-refractivity contribution in [2.24, 2.45) is 17.8 Å². The van der Waals surface area contributed by atoms with E-state index in [1.165, 1.54) is 17.0 Å². The zero-order valence-electron chi connectivity index (χ0n) is 25.2. The molecule has 1 aromatic rings. The third kappa shape index (κ3) is 6.72. The number of rotatable bonds is 13. The Morgan fingerprint density at radius 1 is 1.00 bits per heavy atom. The van der Waals surface area contributed by atoms with E-state index < -0.39 is 55.3 Å². The van der Waals surface area contributed by atoms with E-state index in [9.17, 15) is 29.3 Å². The molecule has 0 saturated carbocycles. The molecule has 1 amide bonds. The monoisotopic (exact) mass is 604 g/mol. The highest BCUT2D eigenvalue weighted by Crippen LogP contribution is 2.48. The van der Waals surface area contributed by atoms with Crippen molar-refractivity contribution >= 4 is 38.0 Å². The number of carbonyl (C=O) groups excluding carboxylic acids is 4. The van der Waals surface area contributed by atoms with E-state index in [1.54, 1.807) is 0 Å². The number of carbonyl (C=O) groups is 4. The summed E-state index contributed by atoms with van der Waals surface area (Å²) in [5.74, 6) is -3.31. The van der Waals surface area contributed by atoms with Crippen LogP contribution in [0.15, 0.2) is 35.5 Å². The number of nitro benzene ring substituents is 1. The standard InChI is InChI=1S/C29H40N2O10Si/c1-8-42(9-2,10-3)41-19(7)23-24-18(6)22(16-39-29(35)38-15-17(4)5)25(30(24)26(23)32)28(34)40-27(33)20-11-13-21(14-12-20)31(36)37/h11-14,17-19,23-24H,8-10,15-16H2,1-7H3/t18-,19?,23?,24?/m0/s1. The van der Waals surface area contributed by atoms with Gasteiger partial charge in [-0.3, -0.25) is 14.9 Å². The minimum atomic E-state index is -2.04. The molecule has 3 unspecified atom stereocenters. The first kappa shape index (κ1) is 32.9. The van der Waals surface area contributed by atoms with E-state index in [-0.39, 0.29) is 42.0 Å². The van der Waals surface area contributed by atoms with Crippen molar-refractivity contribution < 1.29 is 42.7 Å². The lowest BCUT2D eigenvalue weighted by atomic mass is 9.78. The summed E-state index contributed by atoms with van der Waals surface area (Å²) < 4.78 is 22.1. The molecular weight excluding hydrogens is 564 g/mol. The van der Waals surface area contributed by atoms with Crippen LogP contribution in [0.5, 0.6) is 0 Å². The molecule has 0 spiro atoms. The van der Waals surface area contributed by atoms with Gasteiger partial charge in [0, 0.05) is 23.6 Å². The van der Waals surface area contributed by atoms with Crippen LogP contribution in [-0.2, 0) is 28.2 Å². The lowest BCUT2D eigenvalue weighted by Gasteiger charge is -2.49. The normalized spacial score (nSPS) is 20.6. The van der Waals surface area contributed by atoms with Crippen molar-refractivity contribution in [3.8, 4) is 0 Å². The lowest BCUT2D eigenvalue weighted by molar-refractivity contribution is -0.384. The fraction of sp³-hybridized carbons (Fsp3) is 0.586. The lowest BCUT2D eigenvalue weighted by Crippen LogP contribution is -2.65. The number of amides is 1. The van der Waals surface area contributed by atoms with Gasteiger partial charge < -0.3 is 23.5 Å². The number of esters is 2. The van der Waals surface area contributed by atoms with E-state index >= 15 is 0 Å². The molecule has 2 aliphatic rings. The number of nitro groups is 1. The number of β-lactam (4-membered cyclic amide) rings is 1. The van der Waals surface area contributed by atoms with Gasteiger partial charge in [0.1, 0.15) is 12.3 Å². The average molecular weight is 605 g/mol. The Balaban J connectivity index is 1.87. The van der Waals surface area contributed by atoms with Crippen LogP contribution in [0.2, 0.25) is 18.1 Å². The zero-order valence-corrected chi connectivity index (χ0v) is 26.2. The highest BCUT2D eigenvalue weighted by Gasteiger charge is 2.61. The SMILES string of the molecule is CC[Si](CC)(CC)OC(C)C1C(=O)N2C(C(=O)OC(=O)c3ccc([N+](=O)[O-])cc3)=C(COC(=O)OCC(C)C)[C@H](C)C12. The summed E-state index contributed by atoms with van der Waals surface area (Å²) in [7, 11) is -2.04. The quantitative estimate of drug-likeness (QED) is 0.0731. The minimum absolute atomic E-state index is 0.0814. The Morgan fingerprint density at radius 3 is 2.12 bits per heavy atom. The Bertz CT molecular complexity index is 1230. The number of non-ortho nitro benzene ring substituents is 1. The second-order valence-corrected chi connectivity index (χ2v) is 15.9.